The van der Waals surface area contributed by atoms with Crippen LogP contribution in [0.1, 0.15) is 24.3 Å². The third kappa shape index (κ3) is 3.01. The topological polar surface area (TPSA) is 60.6 Å². The molecule has 0 spiro atoms. The summed E-state index contributed by atoms with van der Waals surface area (Å²) in [4.78, 5) is 6.28. The van der Waals surface area contributed by atoms with Gasteiger partial charge in [-0.3, -0.25) is 4.90 Å². The van der Waals surface area contributed by atoms with Crippen molar-refractivity contribution in [2.75, 3.05) is 13.2 Å². The lowest BCUT2D eigenvalue weighted by Gasteiger charge is -2.31. The largest absolute Gasteiger partial charge is 0.468 e. The van der Waals surface area contributed by atoms with Crippen LogP contribution in [0.5, 0.6) is 5.88 Å². The second kappa shape index (κ2) is 6.49. The molecule has 4 heterocycles. The van der Waals surface area contributed by atoms with E-state index in [1.54, 1.807) is 6.07 Å². The van der Waals surface area contributed by atoms with Crippen molar-refractivity contribution in [3.63, 3.8) is 0 Å². The summed E-state index contributed by atoms with van der Waals surface area (Å²) in [5, 5.41) is 4.07. The molecule has 2 aliphatic heterocycles. The fourth-order valence-corrected chi connectivity index (χ4v) is 3.59. The van der Waals surface area contributed by atoms with Gasteiger partial charge in [0, 0.05) is 38.0 Å². The lowest BCUT2D eigenvalue weighted by Crippen LogP contribution is -2.42. The van der Waals surface area contributed by atoms with Gasteiger partial charge in [0.2, 0.25) is 0 Å². The number of aromatic nitrogens is 2. The van der Waals surface area contributed by atoms with E-state index in [4.69, 9.17) is 14.0 Å². The van der Waals surface area contributed by atoms with Crippen LogP contribution in [0.15, 0.2) is 28.9 Å². The highest BCUT2D eigenvalue weighted by Crippen LogP contribution is 2.32. The van der Waals surface area contributed by atoms with Crippen molar-refractivity contribution in [1.82, 2.24) is 15.0 Å². The fraction of sp³-hybridized carbons (Fsp3) is 0.529. The van der Waals surface area contributed by atoms with Gasteiger partial charge >= 0.3 is 0 Å². The standard InChI is InChI=1S/C17H20FN3O3/c1-11-8-12(20-24-11)9-21-10-15(16-14(21)5-3-7-22-16)23-17-13(18)4-2-6-19-17/h2,4,6,8,14-16H,3,5,7,9-10H2,1H3/t14-,15-,16+/m1/s1. The average Bonchev–Trinajstić information content (AvgIpc) is 3.15. The van der Waals surface area contributed by atoms with Crippen LogP contribution in [0, 0.1) is 12.7 Å². The summed E-state index contributed by atoms with van der Waals surface area (Å²) < 4.78 is 30.8. The molecule has 6 nitrogen and oxygen atoms in total. The van der Waals surface area contributed by atoms with Crippen LogP contribution >= 0.6 is 0 Å². The normalized spacial score (nSPS) is 27.2. The van der Waals surface area contributed by atoms with Crippen molar-refractivity contribution in [3.05, 3.63) is 41.7 Å². The minimum atomic E-state index is -0.449. The van der Waals surface area contributed by atoms with E-state index in [1.807, 2.05) is 13.0 Å². The zero-order valence-electron chi connectivity index (χ0n) is 13.5. The molecule has 0 saturated carbocycles. The zero-order chi connectivity index (χ0) is 16.5. The van der Waals surface area contributed by atoms with E-state index in [0.29, 0.717) is 19.7 Å². The number of hydrogen-bond acceptors (Lipinski definition) is 6. The van der Waals surface area contributed by atoms with Crippen molar-refractivity contribution < 1.29 is 18.4 Å². The van der Waals surface area contributed by atoms with Crippen LogP contribution in [0.2, 0.25) is 0 Å². The van der Waals surface area contributed by atoms with Crippen molar-refractivity contribution in [3.8, 4) is 5.88 Å². The number of ether oxygens (including phenoxy) is 2. The highest BCUT2D eigenvalue weighted by atomic mass is 19.1. The number of rotatable bonds is 4. The Kier molecular flexibility index (Phi) is 4.20. The first-order chi connectivity index (χ1) is 11.7. The Bertz CT molecular complexity index is 708. The van der Waals surface area contributed by atoms with E-state index >= 15 is 0 Å². The van der Waals surface area contributed by atoms with Crippen LogP contribution in [-0.4, -0.2) is 46.4 Å². The van der Waals surface area contributed by atoms with Crippen LogP contribution in [0.4, 0.5) is 4.39 Å². The molecule has 0 radical (unpaired) electrons. The Morgan fingerprint density at radius 1 is 1.46 bits per heavy atom. The number of aryl methyl sites for hydroxylation is 1. The number of fused-ring (bicyclic) bond motifs is 1. The van der Waals surface area contributed by atoms with E-state index < -0.39 is 5.82 Å². The van der Waals surface area contributed by atoms with Crippen molar-refractivity contribution in [2.45, 2.75) is 44.6 Å². The van der Waals surface area contributed by atoms with E-state index in [2.05, 4.69) is 15.0 Å². The number of pyridine rings is 1. The van der Waals surface area contributed by atoms with Crippen molar-refractivity contribution in [1.29, 1.82) is 0 Å². The van der Waals surface area contributed by atoms with Gasteiger partial charge in [0.15, 0.2) is 5.82 Å². The first-order valence-corrected chi connectivity index (χ1v) is 8.26. The van der Waals surface area contributed by atoms with Gasteiger partial charge in [0.05, 0.1) is 5.69 Å². The molecule has 0 N–H and O–H groups in total. The second-order valence-corrected chi connectivity index (χ2v) is 6.35. The van der Waals surface area contributed by atoms with E-state index in [9.17, 15) is 4.39 Å². The molecule has 4 rings (SSSR count). The van der Waals surface area contributed by atoms with Crippen molar-refractivity contribution in [2.24, 2.45) is 0 Å². The Balaban J connectivity index is 1.51. The molecule has 7 heteroatoms. The maximum absolute atomic E-state index is 13.8. The lowest BCUT2D eigenvalue weighted by molar-refractivity contribution is -0.0487. The van der Waals surface area contributed by atoms with E-state index in [-0.39, 0.29) is 24.1 Å². The molecular weight excluding hydrogens is 313 g/mol. The van der Waals surface area contributed by atoms with Gasteiger partial charge in [-0.05, 0) is 31.9 Å². The number of halogens is 1. The van der Waals surface area contributed by atoms with Gasteiger partial charge < -0.3 is 14.0 Å². The van der Waals surface area contributed by atoms with E-state index in [0.717, 1.165) is 24.3 Å². The van der Waals surface area contributed by atoms with Crippen LogP contribution < -0.4 is 4.74 Å². The zero-order valence-corrected chi connectivity index (χ0v) is 13.5. The minimum absolute atomic E-state index is 0.0366. The third-order valence-corrected chi connectivity index (χ3v) is 4.61. The van der Waals surface area contributed by atoms with E-state index in [1.165, 1.54) is 12.3 Å². The highest BCUT2D eigenvalue weighted by Gasteiger charge is 2.45. The molecule has 3 atom stereocenters. The summed E-state index contributed by atoms with van der Waals surface area (Å²) >= 11 is 0. The molecule has 24 heavy (non-hydrogen) atoms. The Morgan fingerprint density at radius 3 is 3.17 bits per heavy atom. The summed E-state index contributed by atoms with van der Waals surface area (Å²) in [6, 6.07) is 5.08. The molecule has 2 saturated heterocycles. The summed E-state index contributed by atoms with van der Waals surface area (Å²) in [7, 11) is 0. The predicted molar refractivity (Wildman–Crippen MR) is 83.0 cm³/mol. The lowest BCUT2D eigenvalue weighted by atomic mass is 10.0. The SMILES string of the molecule is Cc1cc(CN2C[C@@H](Oc3ncccc3F)[C@H]3OCCC[C@H]32)no1. The minimum Gasteiger partial charge on any atom is -0.468 e. The molecule has 2 aromatic heterocycles. The number of hydrogen-bond donors (Lipinski definition) is 0. The Hall–Kier alpha value is -1.99. The molecule has 0 unspecified atom stereocenters. The molecule has 0 bridgehead atoms. The van der Waals surface area contributed by atoms with Gasteiger partial charge in [-0.1, -0.05) is 5.16 Å². The fourth-order valence-electron chi connectivity index (χ4n) is 3.59. The Morgan fingerprint density at radius 2 is 2.38 bits per heavy atom. The van der Waals surface area contributed by atoms with Gasteiger partial charge in [-0.15, -0.1) is 0 Å². The summed E-state index contributed by atoms with van der Waals surface area (Å²) in [5.74, 6) is 0.383. The van der Waals surface area contributed by atoms with Crippen LogP contribution in [-0.2, 0) is 11.3 Å². The summed E-state index contributed by atoms with van der Waals surface area (Å²) in [6.07, 6.45) is 3.26. The number of nitrogens with zero attached hydrogens (tertiary/aromatic N) is 3. The summed E-state index contributed by atoms with van der Waals surface area (Å²) in [6.45, 7) is 3.91. The molecular formula is C17H20FN3O3. The smallest absolute Gasteiger partial charge is 0.250 e. The van der Waals surface area contributed by atoms with Crippen molar-refractivity contribution >= 4 is 0 Å². The molecule has 128 valence electrons. The third-order valence-electron chi connectivity index (χ3n) is 4.61. The maximum Gasteiger partial charge on any atom is 0.250 e. The molecule has 2 aromatic rings. The first-order valence-electron chi connectivity index (χ1n) is 8.26. The first kappa shape index (κ1) is 15.5. The quantitative estimate of drug-likeness (QED) is 0.856. The van der Waals surface area contributed by atoms with Gasteiger partial charge in [-0.2, -0.15) is 0 Å². The molecule has 0 aliphatic carbocycles. The van der Waals surface area contributed by atoms with Gasteiger partial charge in [-0.25, -0.2) is 9.37 Å². The molecule has 2 aliphatic rings. The maximum atomic E-state index is 13.8. The average molecular weight is 333 g/mol. The number of likely N-dealkylation sites (tertiary alicyclic amines) is 1. The van der Waals surface area contributed by atoms with Crippen LogP contribution in [0.25, 0.3) is 0 Å². The molecule has 0 aromatic carbocycles. The second-order valence-electron chi connectivity index (χ2n) is 6.35. The predicted octanol–water partition coefficient (Wildman–Crippen LogP) is 2.33. The van der Waals surface area contributed by atoms with Crippen LogP contribution in [0.3, 0.4) is 0 Å². The highest BCUT2D eigenvalue weighted by molar-refractivity contribution is 5.15. The molecule has 2 fully saturated rings. The summed E-state index contributed by atoms with van der Waals surface area (Å²) in [5.41, 5.74) is 0.890. The van der Waals surface area contributed by atoms with Gasteiger partial charge in [0.25, 0.3) is 5.88 Å². The monoisotopic (exact) mass is 333 g/mol. The molecule has 0 amide bonds. The Labute approximate surface area is 139 Å². The van der Waals surface area contributed by atoms with Gasteiger partial charge in [0.1, 0.15) is 18.0 Å².